The van der Waals surface area contributed by atoms with Crippen LogP contribution in [0.4, 0.5) is 17.1 Å². The van der Waals surface area contributed by atoms with Gasteiger partial charge >= 0.3 is 0 Å². The first-order valence-electron chi connectivity index (χ1n) is 17.0. The Morgan fingerprint density at radius 2 is 1.02 bits per heavy atom. The Hall–Kier alpha value is -6.29. The van der Waals surface area contributed by atoms with Gasteiger partial charge in [-0.05, 0) is 109 Å². The molecule has 0 amide bonds. The molecule has 0 N–H and O–H groups in total. The molecular weight excluding hydrogens is 625 g/mol. The lowest BCUT2D eigenvalue weighted by Crippen LogP contribution is -2.09. The first-order chi connectivity index (χ1) is 24.8. The molecule has 0 atom stereocenters. The number of rotatable bonds is 5. The van der Waals surface area contributed by atoms with E-state index < -0.39 is 0 Å². The van der Waals surface area contributed by atoms with Crippen LogP contribution in [0.15, 0.2) is 182 Å². The van der Waals surface area contributed by atoms with Gasteiger partial charge in [-0.2, -0.15) is 0 Å². The van der Waals surface area contributed by atoms with Crippen molar-refractivity contribution < 1.29 is 0 Å². The zero-order valence-electron chi connectivity index (χ0n) is 27.1. The maximum atomic E-state index is 4.65. The molecule has 2 aromatic heterocycles. The topological polar surface area (TPSA) is 16.1 Å². The smallest absolute Gasteiger partial charge is 0.124 e. The number of thiophene rings is 1. The number of aromatic nitrogens is 1. The van der Waals surface area contributed by atoms with Gasteiger partial charge < -0.3 is 4.90 Å². The SMILES string of the molecule is c1ccc(-c2ccc(N(c3ccc(-c4cccc5sc6ncccc6c45)cc3)c3ccc4ccc5c6ccccc6ccc5c4c3)cc2)cc1. The summed E-state index contributed by atoms with van der Waals surface area (Å²) in [6, 6.07) is 63.9. The summed E-state index contributed by atoms with van der Waals surface area (Å²) in [5.41, 5.74) is 8.18. The quantitative estimate of drug-likeness (QED) is 0.172. The van der Waals surface area contributed by atoms with E-state index in [9.17, 15) is 0 Å². The fraction of sp³-hybridized carbons (Fsp3) is 0. The third-order valence-corrected chi connectivity index (χ3v) is 11.0. The highest BCUT2D eigenvalue weighted by Crippen LogP contribution is 2.42. The minimum Gasteiger partial charge on any atom is -0.310 e. The summed E-state index contributed by atoms with van der Waals surface area (Å²) in [4.78, 5) is 8.10. The van der Waals surface area contributed by atoms with Crippen LogP contribution >= 0.6 is 11.3 Å². The molecule has 50 heavy (non-hydrogen) atoms. The monoisotopic (exact) mass is 654 g/mol. The normalized spacial score (nSPS) is 11.6. The molecule has 0 aliphatic rings. The van der Waals surface area contributed by atoms with E-state index in [1.165, 1.54) is 70.0 Å². The predicted molar refractivity (Wildman–Crippen MR) is 215 cm³/mol. The Kier molecular flexibility index (Phi) is 6.71. The molecule has 234 valence electrons. The van der Waals surface area contributed by atoms with Crippen LogP contribution in [0.3, 0.4) is 0 Å². The number of benzene rings is 8. The number of pyridine rings is 1. The van der Waals surface area contributed by atoms with Gasteiger partial charge in [0.25, 0.3) is 0 Å². The number of fused-ring (bicyclic) bond motifs is 8. The molecule has 0 bridgehead atoms. The maximum absolute atomic E-state index is 4.65. The van der Waals surface area contributed by atoms with Crippen molar-refractivity contribution in [2.45, 2.75) is 0 Å². The van der Waals surface area contributed by atoms with Gasteiger partial charge in [0.1, 0.15) is 4.83 Å². The molecule has 0 aliphatic heterocycles. The Balaban J connectivity index is 1.13. The Morgan fingerprint density at radius 3 is 1.82 bits per heavy atom. The van der Waals surface area contributed by atoms with Gasteiger partial charge in [0.05, 0.1) is 0 Å². The minimum absolute atomic E-state index is 1.08. The van der Waals surface area contributed by atoms with Crippen molar-refractivity contribution in [2.75, 3.05) is 4.90 Å². The molecule has 2 heterocycles. The minimum atomic E-state index is 1.08. The Bertz CT molecular complexity index is 2850. The second-order valence-corrected chi connectivity index (χ2v) is 13.8. The molecule has 0 saturated carbocycles. The van der Waals surface area contributed by atoms with Crippen LogP contribution in [0.25, 0.3) is 74.9 Å². The lowest BCUT2D eigenvalue weighted by atomic mass is 9.96. The lowest BCUT2D eigenvalue weighted by molar-refractivity contribution is 1.29. The zero-order valence-corrected chi connectivity index (χ0v) is 27.9. The van der Waals surface area contributed by atoms with Gasteiger partial charge in [0, 0.05) is 38.7 Å². The number of hydrogen-bond donors (Lipinski definition) is 0. The van der Waals surface area contributed by atoms with E-state index in [4.69, 9.17) is 0 Å². The molecule has 10 aromatic rings. The molecule has 3 heteroatoms. The van der Waals surface area contributed by atoms with Crippen LogP contribution in [0.1, 0.15) is 0 Å². The van der Waals surface area contributed by atoms with E-state index in [0.717, 1.165) is 21.9 Å². The van der Waals surface area contributed by atoms with Crippen molar-refractivity contribution in [3.8, 4) is 22.3 Å². The maximum Gasteiger partial charge on any atom is 0.124 e. The van der Waals surface area contributed by atoms with Crippen LogP contribution in [-0.2, 0) is 0 Å². The molecular formula is C47H30N2S. The number of hydrogen-bond acceptors (Lipinski definition) is 3. The van der Waals surface area contributed by atoms with E-state index in [2.05, 4.69) is 180 Å². The van der Waals surface area contributed by atoms with E-state index in [1.807, 2.05) is 12.3 Å². The Labute approximate surface area is 294 Å². The van der Waals surface area contributed by atoms with Crippen LogP contribution in [0.2, 0.25) is 0 Å². The van der Waals surface area contributed by atoms with Crippen molar-refractivity contribution in [2.24, 2.45) is 0 Å². The summed E-state index contributed by atoms with van der Waals surface area (Å²) in [6.07, 6.45) is 1.88. The van der Waals surface area contributed by atoms with Crippen LogP contribution in [0, 0.1) is 0 Å². The van der Waals surface area contributed by atoms with Crippen LogP contribution < -0.4 is 4.90 Å². The Morgan fingerprint density at radius 1 is 0.400 bits per heavy atom. The zero-order chi connectivity index (χ0) is 33.0. The summed E-state index contributed by atoms with van der Waals surface area (Å²) in [6.45, 7) is 0. The first kappa shape index (κ1) is 28.7. The number of anilines is 3. The standard InChI is InChI=1S/C47H30N2S/c1-2-8-31(9-3-1)32-15-22-36(23-16-32)49(38-26-19-35-21-27-41-39-11-5-4-10-33(39)20-28-42(41)44(35)30-38)37-24-17-34(18-25-37)40-12-6-14-45-46(40)43-13-7-29-48-47(43)50-45/h1-30H. The molecule has 10 rings (SSSR count). The molecule has 0 fully saturated rings. The molecule has 0 spiro atoms. The number of nitrogens with zero attached hydrogens (tertiary/aromatic N) is 2. The highest BCUT2D eigenvalue weighted by Gasteiger charge is 2.17. The van der Waals surface area contributed by atoms with Gasteiger partial charge in [0.2, 0.25) is 0 Å². The fourth-order valence-corrected chi connectivity index (χ4v) is 8.59. The highest BCUT2D eigenvalue weighted by atomic mass is 32.1. The van der Waals surface area contributed by atoms with Crippen LogP contribution in [0.5, 0.6) is 0 Å². The molecule has 8 aromatic carbocycles. The average molecular weight is 655 g/mol. The van der Waals surface area contributed by atoms with E-state index in [-0.39, 0.29) is 0 Å². The summed E-state index contributed by atoms with van der Waals surface area (Å²) in [5, 5.41) is 10.1. The van der Waals surface area contributed by atoms with Gasteiger partial charge in [-0.3, -0.25) is 0 Å². The van der Waals surface area contributed by atoms with Gasteiger partial charge in [-0.25, -0.2) is 4.98 Å². The third kappa shape index (κ3) is 4.74. The van der Waals surface area contributed by atoms with Crippen molar-refractivity contribution in [1.82, 2.24) is 4.98 Å². The summed E-state index contributed by atoms with van der Waals surface area (Å²) in [7, 11) is 0. The largest absolute Gasteiger partial charge is 0.310 e. The molecule has 2 nitrogen and oxygen atoms in total. The van der Waals surface area contributed by atoms with Crippen molar-refractivity contribution in [3.63, 3.8) is 0 Å². The van der Waals surface area contributed by atoms with Gasteiger partial charge in [-0.15, -0.1) is 11.3 Å². The summed E-state index contributed by atoms with van der Waals surface area (Å²) in [5.74, 6) is 0. The molecule has 0 unspecified atom stereocenters. The van der Waals surface area contributed by atoms with Gasteiger partial charge in [0.15, 0.2) is 0 Å². The van der Waals surface area contributed by atoms with Crippen LogP contribution in [-0.4, -0.2) is 4.98 Å². The fourth-order valence-electron chi connectivity index (χ4n) is 7.52. The van der Waals surface area contributed by atoms with Gasteiger partial charge in [-0.1, -0.05) is 121 Å². The van der Waals surface area contributed by atoms with Crippen molar-refractivity contribution in [3.05, 3.63) is 182 Å². The second-order valence-electron chi connectivity index (χ2n) is 12.8. The van der Waals surface area contributed by atoms with E-state index >= 15 is 0 Å². The third-order valence-electron chi connectivity index (χ3n) is 9.93. The first-order valence-corrected chi connectivity index (χ1v) is 17.8. The predicted octanol–water partition coefficient (Wildman–Crippen LogP) is 13.7. The molecule has 0 saturated heterocycles. The van der Waals surface area contributed by atoms with E-state index in [1.54, 1.807) is 11.3 Å². The highest BCUT2D eigenvalue weighted by molar-refractivity contribution is 7.25. The molecule has 0 aliphatic carbocycles. The molecule has 0 radical (unpaired) electrons. The average Bonchev–Trinajstić information content (AvgIpc) is 3.58. The summed E-state index contributed by atoms with van der Waals surface area (Å²) >= 11 is 1.76. The lowest BCUT2D eigenvalue weighted by Gasteiger charge is -2.26. The van der Waals surface area contributed by atoms with E-state index in [0.29, 0.717) is 0 Å². The van der Waals surface area contributed by atoms with Crippen molar-refractivity contribution >= 4 is 81.0 Å². The summed E-state index contributed by atoms with van der Waals surface area (Å²) < 4.78 is 1.26. The second kappa shape index (κ2) is 11.7. The van der Waals surface area contributed by atoms with Crippen molar-refractivity contribution in [1.29, 1.82) is 0 Å².